The molecule has 0 saturated heterocycles. The van der Waals surface area contributed by atoms with Crippen LogP contribution in [0.4, 0.5) is 11.6 Å². The topological polar surface area (TPSA) is 70.2 Å². The minimum Gasteiger partial charge on any atom is -0.354 e. The summed E-state index contributed by atoms with van der Waals surface area (Å²) in [6, 6.07) is 6.55. The Morgan fingerprint density at radius 2 is 1.92 bits per heavy atom. The molecule has 0 radical (unpaired) electrons. The molecule has 2 rings (SSSR count). The third-order valence-electron chi connectivity index (χ3n) is 3.15. The Labute approximate surface area is 151 Å². The number of hydrogen-bond acceptors (Lipinski definition) is 5. The lowest BCUT2D eigenvalue weighted by molar-refractivity contribution is 0.102. The smallest absolute Gasteiger partial charge is 0.274 e. The number of benzene rings is 1. The number of halogens is 2. The molecule has 8 heteroatoms. The first-order chi connectivity index (χ1) is 11.5. The van der Waals surface area contributed by atoms with Crippen molar-refractivity contribution in [2.24, 2.45) is 0 Å². The van der Waals surface area contributed by atoms with Crippen LogP contribution in [-0.2, 0) is 0 Å². The molecule has 0 unspecified atom stereocenters. The van der Waals surface area contributed by atoms with Crippen molar-refractivity contribution in [2.45, 2.75) is 6.42 Å². The summed E-state index contributed by atoms with van der Waals surface area (Å²) < 4.78 is 0. The van der Waals surface area contributed by atoms with Gasteiger partial charge in [0.15, 0.2) is 0 Å². The van der Waals surface area contributed by atoms with Crippen molar-refractivity contribution in [3.05, 3.63) is 46.2 Å². The number of rotatable bonds is 7. The van der Waals surface area contributed by atoms with E-state index in [1.807, 2.05) is 14.1 Å². The zero-order valence-electron chi connectivity index (χ0n) is 13.5. The molecule has 2 N–H and O–H groups in total. The second-order valence-corrected chi connectivity index (χ2v) is 6.21. The molecule has 1 aromatic carbocycles. The molecule has 6 nitrogen and oxygen atoms in total. The van der Waals surface area contributed by atoms with E-state index in [9.17, 15) is 4.79 Å². The summed E-state index contributed by atoms with van der Waals surface area (Å²) in [4.78, 5) is 22.8. The van der Waals surface area contributed by atoms with Gasteiger partial charge >= 0.3 is 0 Å². The van der Waals surface area contributed by atoms with E-state index in [0.717, 1.165) is 19.5 Å². The zero-order chi connectivity index (χ0) is 17.5. The van der Waals surface area contributed by atoms with E-state index in [1.54, 1.807) is 18.2 Å². The van der Waals surface area contributed by atoms with Gasteiger partial charge in [0.1, 0.15) is 5.69 Å². The normalized spacial score (nSPS) is 10.7. The average Bonchev–Trinajstić information content (AvgIpc) is 2.55. The Morgan fingerprint density at radius 3 is 2.58 bits per heavy atom. The summed E-state index contributed by atoms with van der Waals surface area (Å²) in [5.41, 5.74) is 0.598. The maximum atomic E-state index is 12.3. The molecule has 0 bridgehead atoms. The number of carbonyl (C=O) groups is 1. The lowest BCUT2D eigenvalue weighted by Gasteiger charge is -2.11. The maximum Gasteiger partial charge on any atom is 0.274 e. The Morgan fingerprint density at radius 1 is 1.21 bits per heavy atom. The van der Waals surface area contributed by atoms with E-state index >= 15 is 0 Å². The van der Waals surface area contributed by atoms with Gasteiger partial charge in [0.25, 0.3) is 5.91 Å². The van der Waals surface area contributed by atoms with E-state index in [2.05, 4.69) is 25.5 Å². The fourth-order valence-electron chi connectivity index (χ4n) is 1.96. The van der Waals surface area contributed by atoms with Crippen molar-refractivity contribution >= 4 is 40.7 Å². The third kappa shape index (κ3) is 5.33. The number of amides is 1. The highest BCUT2D eigenvalue weighted by Gasteiger charge is 2.13. The van der Waals surface area contributed by atoms with Gasteiger partial charge in [-0.2, -0.15) is 0 Å². The Hall–Kier alpha value is -1.89. The number of carbonyl (C=O) groups excluding carboxylic acids is 1. The largest absolute Gasteiger partial charge is 0.354 e. The molecule has 0 fully saturated rings. The Balaban J connectivity index is 2.01. The number of aromatic nitrogens is 2. The third-order valence-corrected chi connectivity index (χ3v) is 3.78. The molecular formula is C16H19Cl2N5O. The van der Waals surface area contributed by atoms with E-state index < -0.39 is 5.91 Å². The van der Waals surface area contributed by atoms with Crippen molar-refractivity contribution in [1.82, 2.24) is 14.9 Å². The summed E-state index contributed by atoms with van der Waals surface area (Å²) in [6.07, 6.45) is 2.48. The van der Waals surface area contributed by atoms with Crippen LogP contribution in [0.5, 0.6) is 0 Å². The average molecular weight is 368 g/mol. The molecule has 128 valence electrons. The van der Waals surface area contributed by atoms with E-state index in [0.29, 0.717) is 21.7 Å². The lowest BCUT2D eigenvalue weighted by atomic mass is 10.3. The number of para-hydroxylation sites is 1. The van der Waals surface area contributed by atoms with Crippen molar-refractivity contribution in [2.75, 3.05) is 37.8 Å². The first kappa shape index (κ1) is 18.4. The molecular weight excluding hydrogens is 349 g/mol. The van der Waals surface area contributed by atoms with Gasteiger partial charge in [-0.1, -0.05) is 29.3 Å². The zero-order valence-corrected chi connectivity index (χ0v) is 15.0. The van der Waals surface area contributed by atoms with Crippen LogP contribution in [0.1, 0.15) is 16.9 Å². The molecule has 1 heterocycles. The van der Waals surface area contributed by atoms with Crippen molar-refractivity contribution in [3.8, 4) is 0 Å². The van der Waals surface area contributed by atoms with Gasteiger partial charge in [-0.05, 0) is 45.3 Å². The van der Waals surface area contributed by atoms with Gasteiger partial charge < -0.3 is 15.5 Å². The van der Waals surface area contributed by atoms with E-state index in [1.165, 1.54) is 12.3 Å². The van der Waals surface area contributed by atoms with Crippen LogP contribution in [-0.4, -0.2) is 48.0 Å². The monoisotopic (exact) mass is 367 g/mol. The van der Waals surface area contributed by atoms with Crippen LogP contribution in [0.3, 0.4) is 0 Å². The summed E-state index contributed by atoms with van der Waals surface area (Å²) in [7, 11) is 4.03. The second kappa shape index (κ2) is 8.82. The number of hydrogen-bond donors (Lipinski definition) is 2. The van der Waals surface area contributed by atoms with Gasteiger partial charge in [0, 0.05) is 12.7 Å². The standard InChI is InChI=1S/C16H19Cl2N5O/c1-23(2)10-4-8-19-16-20-9-7-13(21-16)15(24)22-14-11(17)5-3-6-12(14)18/h3,5-7,9H,4,8,10H2,1-2H3,(H,22,24)(H,19,20,21). The van der Waals surface area contributed by atoms with E-state index in [-0.39, 0.29) is 5.69 Å². The summed E-state index contributed by atoms with van der Waals surface area (Å²) in [6.45, 7) is 1.68. The predicted molar refractivity (Wildman–Crippen MR) is 98.1 cm³/mol. The van der Waals surface area contributed by atoms with Crippen molar-refractivity contribution in [3.63, 3.8) is 0 Å². The molecule has 1 amide bonds. The number of nitrogens with zero attached hydrogens (tertiary/aromatic N) is 3. The van der Waals surface area contributed by atoms with Crippen LogP contribution in [0.15, 0.2) is 30.5 Å². The first-order valence-corrected chi connectivity index (χ1v) is 8.20. The predicted octanol–water partition coefficient (Wildman–Crippen LogP) is 3.40. The SMILES string of the molecule is CN(C)CCCNc1nccc(C(=O)Nc2c(Cl)cccc2Cl)n1. The number of nitrogens with one attached hydrogen (secondary N) is 2. The van der Waals surface area contributed by atoms with Gasteiger partial charge in [-0.15, -0.1) is 0 Å². The van der Waals surface area contributed by atoms with Gasteiger partial charge in [-0.25, -0.2) is 9.97 Å². The van der Waals surface area contributed by atoms with Crippen LogP contribution in [0.2, 0.25) is 10.0 Å². The van der Waals surface area contributed by atoms with E-state index in [4.69, 9.17) is 23.2 Å². The summed E-state index contributed by atoms with van der Waals surface area (Å²) >= 11 is 12.1. The minimum atomic E-state index is -0.399. The van der Waals surface area contributed by atoms with Crippen molar-refractivity contribution < 1.29 is 4.79 Å². The molecule has 0 atom stereocenters. The first-order valence-electron chi connectivity index (χ1n) is 7.44. The summed E-state index contributed by atoms with van der Waals surface area (Å²) in [5.74, 6) is 0.00963. The number of anilines is 2. The maximum absolute atomic E-state index is 12.3. The highest BCUT2D eigenvalue weighted by molar-refractivity contribution is 6.39. The highest BCUT2D eigenvalue weighted by atomic mass is 35.5. The quantitative estimate of drug-likeness (QED) is 0.733. The van der Waals surface area contributed by atoms with Crippen LogP contribution >= 0.6 is 23.2 Å². The molecule has 24 heavy (non-hydrogen) atoms. The van der Waals surface area contributed by atoms with Crippen LogP contribution < -0.4 is 10.6 Å². The molecule has 0 spiro atoms. The highest BCUT2D eigenvalue weighted by Crippen LogP contribution is 2.30. The van der Waals surface area contributed by atoms with Gasteiger partial charge in [-0.3, -0.25) is 4.79 Å². The summed E-state index contributed by atoms with van der Waals surface area (Å²) in [5, 5.41) is 6.51. The molecule has 0 aliphatic carbocycles. The van der Waals surface area contributed by atoms with Gasteiger partial charge in [0.05, 0.1) is 15.7 Å². The Kier molecular flexibility index (Phi) is 6.78. The fourth-order valence-corrected chi connectivity index (χ4v) is 2.45. The fraction of sp³-hybridized carbons (Fsp3) is 0.312. The molecule has 0 aliphatic rings. The minimum absolute atomic E-state index is 0.232. The molecule has 1 aromatic heterocycles. The van der Waals surface area contributed by atoms with Crippen LogP contribution in [0.25, 0.3) is 0 Å². The Bertz CT molecular complexity index is 688. The van der Waals surface area contributed by atoms with Gasteiger partial charge in [0.2, 0.25) is 5.95 Å². The van der Waals surface area contributed by atoms with Crippen molar-refractivity contribution in [1.29, 1.82) is 0 Å². The lowest BCUT2D eigenvalue weighted by Crippen LogP contribution is -2.18. The second-order valence-electron chi connectivity index (χ2n) is 5.40. The molecule has 2 aromatic rings. The molecule has 0 saturated carbocycles. The van der Waals surface area contributed by atoms with Crippen LogP contribution in [0, 0.1) is 0 Å². The molecule has 0 aliphatic heterocycles.